The van der Waals surface area contributed by atoms with Gasteiger partial charge in [-0.1, -0.05) is 17.7 Å². The van der Waals surface area contributed by atoms with Gasteiger partial charge in [-0.3, -0.25) is 9.78 Å². The molecule has 0 aliphatic heterocycles. The summed E-state index contributed by atoms with van der Waals surface area (Å²) in [6, 6.07) is 9.30. The minimum Gasteiger partial charge on any atom is -0.350 e. The molecule has 4 heterocycles. The Balaban J connectivity index is 1.37. The largest absolute Gasteiger partial charge is 0.350 e. The van der Waals surface area contributed by atoms with Crippen molar-refractivity contribution < 1.29 is 4.79 Å². The van der Waals surface area contributed by atoms with Crippen LogP contribution in [0, 0.1) is 0 Å². The van der Waals surface area contributed by atoms with Gasteiger partial charge in [-0.25, -0.2) is 9.97 Å². The molecule has 0 fully saturated rings. The minimum atomic E-state index is -0.0991. The third-order valence-corrected chi connectivity index (χ3v) is 4.85. The lowest BCUT2D eigenvalue weighted by atomic mass is 10.3. The quantitative estimate of drug-likeness (QED) is 0.573. The van der Waals surface area contributed by atoms with E-state index in [9.17, 15) is 4.79 Å². The Morgan fingerprint density at radius 2 is 2.08 bits per heavy atom. The number of thiazole rings is 1. The number of nitrogens with zero attached hydrogens (tertiary/aromatic N) is 4. The van der Waals surface area contributed by atoms with E-state index in [1.807, 2.05) is 40.2 Å². The molecule has 1 amide bonds. The Hall–Kier alpha value is -2.77. The summed E-state index contributed by atoms with van der Waals surface area (Å²) in [6.07, 6.45) is 5.58. The minimum absolute atomic E-state index is 0.0991. The first kappa shape index (κ1) is 16.7. The highest BCUT2D eigenvalue weighted by Gasteiger charge is 2.10. The van der Waals surface area contributed by atoms with E-state index in [-0.39, 0.29) is 12.3 Å². The van der Waals surface area contributed by atoms with Gasteiger partial charge < -0.3 is 9.72 Å². The maximum atomic E-state index is 12.2. The summed E-state index contributed by atoms with van der Waals surface area (Å²) < 4.78 is 1.84. The molecule has 4 rings (SSSR count). The van der Waals surface area contributed by atoms with E-state index in [4.69, 9.17) is 11.6 Å². The summed E-state index contributed by atoms with van der Waals surface area (Å²) in [4.78, 5) is 25.4. The van der Waals surface area contributed by atoms with Crippen molar-refractivity contribution in [3.63, 3.8) is 0 Å². The Morgan fingerprint density at radius 1 is 1.15 bits per heavy atom. The summed E-state index contributed by atoms with van der Waals surface area (Å²) in [6.45, 7) is 0.357. The number of halogens is 1. The highest BCUT2D eigenvalue weighted by molar-refractivity contribution is 7.13. The molecule has 0 atom stereocenters. The lowest BCUT2D eigenvalue weighted by Crippen LogP contribution is -2.24. The lowest BCUT2D eigenvalue weighted by molar-refractivity contribution is -0.120. The molecule has 0 bridgehead atoms. The fourth-order valence-electron chi connectivity index (χ4n) is 2.51. The number of rotatable bonds is 5. The highest BCUT2D eigenvalue weighted by Crippen LogP contribution is 2.21. The van der Waals surface area contributed by atoms with Crippen molar-refractivity contribution in [3.05, 3.63) is 70.7 Å². The summed E-state index contributed by atoms with van der Waals surface area (Å²) in [7, 11) is 0. The van der Waals surface area contributed by atoms with Crippen LogP contribution in [0.25, 0.3) is 16.3 Å². The van der Waals surface area contributed by atoms with Crippen LogP contribution in [0.1, 0.15) is 11.4 Å². The van der Waals surface area contributed by atoms with Crippen LogP contribution in [0.15, 0.2) is 54.3 Å². The first-order chi connectivity index (χ1) is 12.7. The predicted octanol–water partition coefficient (Wildman–Crippen LogP) is 3.37. The number of amides is 1. The zero-order chi connectivity index (χ0) is 17.9. The van der Waals surface area contributed by atoms with Crippen LogP contribution in [-0.4, -0.2) is 25.3 Å². The summed E-state index contributed by atoms with van der Waals surface area (Å²) in [5.74, 6) is -0.0991. The number of nitrogens with one attached hydrogen (secondary N) is 1. The van der Waals surface area contributed by atoms with Crippen molar-refractivity contribution in [2.24, 2.45) is 0 Å². The normalized spacial score (nSPS) is 11.0. The number of carbonyl (C=O) groups excluding carboxylic acids is 1. The van der Waals surface area contributed by atoms with E-state index >= 15 is 0 Å². The van der Waals surface area contributed by atoms with Crippen molar-refractivity contribution in [3.8, 4) is 10.7 Å². The molecule has 0 aliphatic rings. The molecule has 1 N–H and O–H groups in total. The fraction of sp³-hybridized carbons (Fsp3) is 0.111. The highest BCUT2D eigenvalue weighted by atomic mass is 35.5. The number of imidazole rings is 1. The van der Waals surface area contributed by atoms with E-state index in [1.54, 1.807) is 18.5 Å². The number of hydrogen-bond acceptors (Lipinski definition) is 5. The fourth-order valence-corrected chi connectivity index (χ4v) is 3.48. The Morgan fingerprint density at radius 3 is 2.92 bits per heavy atom. The van der Waals surface area contributed by atoms with Crippen molar-refractivity contribution in [2.45, 2.75) is 13.0 Å². The van der Waals surface area contributed by atoms with E-state index in [0.29, 0.717) is 11.6 Å². The van der Waals surface area contributed by atoms with Crippen molar-refractivity contribution in [1.29, 1.82) is 0 Å². The first-order valence-electron chi connectivity index (χ1n) is 7.93. The molecule has 0 spiro atoms. The van der Waals surface area contributed by atoms with Crippen LogP contribution in [0.5, 0.6) is 0 Å². The van der Waals surface area contributed by atoms with E-state index in [0.717, 1.165) is 27.7 Å². The third-order valence-electron chi connectivity index (χ3n) is 3.71. The monoisotopic (exact) mass is 383 g/mol. The molecular weight excluding hydrogens is 370 g/mol. The van der Waals surface area contributed by atoms with E-state index in [2.05, 4.69) is 20.3 Å². The summed E-state index contributed by atoms with van der Waals surface area (Å²) in [5.41, 5.74) is 3.11. The van der Waals surface area contributed by atoms with E-state index < -0.39 is 0 Å². The number of fused-ring (bicyclic) bond motifs is 1. The maximum absolute atomic E-state index is 12.2. The molecule has 0 aromatic carbocycles. The molecule has 8 heteroatoms. The molecule has 130 valence electrons. The molecule has 0 saturated heterocycles. The first-order valence-corrected chi connectivity index (χ1v) is 9.19. The van der Waals surface area contributed by atoms with Gasteiger partial charge in [0.2, 0.25) is 5.91 Å². The van der Waals surface area contributed by atoms with Gasteiger partial charge in [0.25, 0.3) is 0 Å². The molecule has 0 saturated carbocycles. The van der Waals surface area contributed by atoms with Gasteiger partial charge in [0.1, 0.15) is 10.7 Å². The van der Waals surface area contributed by atoms with Gasteiger partial charge >= 0.3 is 0 Å². The van der Waals surface area contributed by atoms with Crippen LogP contribution in [0.2, 0.25) is 5.02 Å². The molecule has 4 aromatic heterocycles. The molecule has 0 unspecified atom stereocenters. The van der Waals surface area contributed by atoms with Gasteiger partial charge in [-0.2, -0.15) is 0 Å². The second-order valence-electron chi connectivity index (χ2n) is 5.66. The number of pyridine rings is 2. The number of aromatic nitrogens is 4. The van der Waals surface area contributed by atoms with Crippen LogP contribution in [-0.2, 0) is 17.8 Å². The number of carbonyl (C=O) groups is 1. The molecular formula is C18H14ClN5OS. The molecule has 26 heavy (non-hydrogen) atoms. The Bertz CT molecular complexity index is 1060. The van der Waals surface area contributed by atoms with Gasteiger partial charge in [-0.15, -0.1) is 11.3 Å². The topological polar surface area (TPSA) is 72.2 Å². The summed E-state index contributed by atoms with van der Waals surface area (Å²) >= 11 is 7.44. The van der Waals surface area contributed by atoms with Gasteiger partial charge in [0.15, 0.2) is 0 Å². The van der Waals surface area contributed by atoms with Crippen LogP contribution >= 0.6 is 22.9 Å². The van der Waals surface area contributed by atoms with Gasteiger partial charge in [0.05, 0.1) is 35.1 Å². The Labute approximate surface area is 158 Å². The van der Waals surface area contributed by atoms with Crippen molar-refractivity contribution >= 4 is 34.5 Å². The molecule has 4 aromatic rings. The van der Waals surface area contributed by atoms with Crippen LogP contribution in [0.4, 0.5) is 0 Å². The maximum Gasteiger partial charge on any atom is 0.226 e. The van der Waals surface area contributed by atoms with Crippen molar-refractivity contribution in [1.82, 2.24) is 24.7 Å². The molecule has 6 nitrogen and oxygen atoms in total. The average molecular weight is 384 g/mol. The second kappa shape index (κ2) is 7.23. The van der Waals surface area contributed by atoms with E-state index in [1.165, 1.54) is 11.3 Å². The molecule has 0 radical (unpaired) electrons. The van der Waals surface area contributed by atoms with Crippen LogP contribution < -0.4 is 5.32 Å². The van der Waals surface area contributed by atoms with Crippen molar-refractivity contribution in [2.75, 3.05) is 0 Å². The zero-order valence-corrected chi connectivity index (χ0v) is 15.2. The smallest absolute Gasteiger partial charge is 0.226 e. The third kappa shape index (κ3) is 3.74. The van der Waals surface area contributed by atoms with Crippen LogP contribution in [0.3, 0.4) is 0 Å². The van der Waals surface area contributed by atoms with Gasteiger partial charge in [-0.05, 0) is 24.3 Å². The predicted molar refractivity (Wildman–Crippen MR) is 101 cm³/mol. The molecule has 0 aliphatic carbocycles. The standard InChI is InChI=1S/C18H14ClN5OS/c19-12-4-5-16-22-14(10-24(16)9-12)8-21-17(25)7-13-11-26-18(23-13)15-3-1-2-6-20-15/h1-6,9-11H,7-8H2,(H,21,25). The lowest BCUT2D eigenvalue weighted by Gasteiger charge is -2.01. The number of hydrogen-bond donors (Lipinski definition) is 1. The summed E-state index contributed by atoms with van der Waals surface area (Å²) in [5, 5.41) is 6.21. The van der Waals surface area contributed by atoms with Gasteiger partial charge in [0, 0.05) is 24.0 Å². The average Bonchev–Trinajstić information content (AvgIpc) is 3.27. The SMILES string of the molecule is O=C(Cc1csc(-c2ccccn2)n1)NCc1cn2cc(Cl)ccc2n1. The Kier molecular flexibility index (Phi) is 4.64. The zero-order valence-electron chi connectivity index (χ0n) is 13.6. The second-order valence-corrected chi connectivity index (χ2v) is 6.95.